The molecule has 1 amide bonds. The molecule has 34 heavy (non-hydrogen) atoms. The summed E-state index contributed by atoms with van der Waals surface area (Å²) < 4.78 is 20.1. The summed E-state index contributed by atoms with van der Waals surface area (Å²) in [4.78, 5) is 52.6. The highest BCUT2D eigenvalue weighted by Crippen LogP contribution is 2.25. The van der Waals surface area contributed by atoms with Crippen molar-refractivity contribution in [2.45, 2.75) is 0 Å². The average molecular weight is 464 g/mol. The van der Waals surface area contributed by atoms with Crippen molar-refractivity contribution in [1.82, 2.24) is 4.98 Å². The second-order valence-corrected chi connectivity index (χ2v) is 6.69. The predicted octanol–water partition coefficient (Wildman–Crippen LogP) is 3.24. The van der Waals surface area contributed by atoms with E-state index in [9.17, 15) is 19.2 Å². The zero-order valence-electron chi connectivity index (χ0n) is 18.3. The number of rotatable bonds is 8. The molecule has 2 aromatic carbocycles. The van der Waals surface area contributed by atoms with Gasteiger partial charge >= 0.3 is 17.9 Å². The van der Waals surface area contributed by atoms with Crippen molar-refractivity contribution in [3.05, 3.63) is 83.7 Å². The molecule has 0 aliphatic heterocycles. The Hall–Kier alpha value is -4.73. The first-order chi connectivity index (χ1) is 16.4. The van der Waals surface area contributed by atoms with Crippen LogP contribution in [0.25, 0.3) is 0 Å². The Kier molecular flexibility index (Phi) is 7.90. The zero-order valence-corrected chi connectivity index (χ0v) is 18.3. The molecule has 10 heteroatoms. The van der Waals surface area contributed by atoms with E-state index in [0.717, 1.165) is 0 Å². The first kappa shape index (κ1) is 23.9. The van der Waals surface area contributed by atoms with Gasteiger partial charge in [0, 0.05) is 11.9 Å². The Morgan fingerprint density at radius 2 is 1.53 bits per heavy atom. The number of nitrogens with one attached hydrogen (secondary N) is 1. The van der Waals surface area contributed by atoms with E-state index in [0.29, 0.717) is 5.75 Å². The van der Waals surface area contributed by atoms with Crippen molar-refractivity contribution in [3.63, 3.8) is 0 Å². The van der Waals surface area contributed by atoms with Crippen molar-refractivity contribution < 1.29 is 38.1 Å². The minimum atomic E-state index is -0.784. The van der Waals surface area contributed by atoms with Gasteiger partial charge in [-0.2, -0.15) is 0 Å². The molecule has 0 bridgehead atoms. The molecule has 0 spiro atoms. The number of hydrogen-bond donors (Lipinski definition) is 1. The lowest BCUT2D eigenvalue weighted by Gasteiger charge is -2.12. The van der Waals surface area contributed by atoms with Crippen LogP contribution in [0.4, 0.5) is 5.69 Å². The molecule has 3 aromatic rings. The fourth-order valence-electron chi connectivity index (χ4n) is 2.84. The molecule has 1 heterocycles. The van der Waals surface area contributed by atoms with Gasteiger partial charge in [-0.3, -0.25) is 9.78 Å². The van der Waals surface area contributed by atoms with Crippen LogP contribution >= 0.6 is 0 Å². The van der Waals surface area contributed by atoms with E-state index < -0.39 is 30.4 Å². The van der Waals surface area contributed by atoms with Crippen molar-refractivity contribution in [2.24, 2.45) is 0 Å². The molecular formula is C24H20N2O8. The number of para-hydroxylation sites is 1. The number of ether oxygens (including phenoxy) is 4. The number of benzene rings is 2. The van der Waals surface area contributed by atoms with Crippen LogP contribution in [0.3, 0.4) is 0 Å². The van der Waals surface area contributed by atoms with Crippen molar-refractivity contribution >= 4 is 29.5 Å². The summed E-state index contributed by atoms with van der Waals surface area (Å²) in [5, 5.41) is 2.47. The lowest BCUT2D eigenvalue weighted by atomic mass is 10.1. The monoisotopic (exact) mass is 464 g/mol. The van der Waals surface area contributed by atoms with Gasteiger partial charge < -0.3 is 24.3 Å². The van der Waals surface area contributed by atoms with E-state index in [4.69, 9.17) is 9.47 Å². The van der Waals surface area contributed by atoms with Gasteiger partial charge in [-0.25, -0.2) is 14.4 Å². The number of carbonyl (C=O) groups is 4. The Bertz CT molecular complexity index is 1180. The molecule has 0 aliphatic rings. The van der Waals surface area contributed by atoms with Crippen LogP contribution in [0.15, 0.2) is 67.0 Å². The largest absolute Gasteiger partial charge is 0.465 e. The van der Waals surface area contributed by atoms with Crippen LogP contribution < -0.4 is 10.1 Å². The summed E-state index contributed by atoms with van der Waals surface area (Å²) in [5.74, 6) is -2.25. The summed E-state index contributed by atoms with van der Waals surface area (Å²) in [7, 11) is 2.36. The summed E-state index contributed by atoms with van der Waals surface area (Å²) in [6.45, 7) is -0.629. The number of pyridine rings is 1. The highest BCUT2D eigenvalue weighted by atomic mass is 16.5. The Morgan fingerprint density at radius 1 is 0.853 bits per heavy atom. The van der Waals surface area contributed by atoms with Gasteiger partial charge in [0.15, 0.2) is 6.61 Å². The van der Waals surface area contributed by atoms with Gasteiger partial charge in [-0.15, -0.1) is 0 Å². The highest BCUT2D eigenvalue weighted by molar-refractivity contribution is 6.00. The van der Waals surface area contributed by atoms with Crippen LogP contribution in [0.5, 0.6) is 11.5 Å². The molecule has 0 radical (unpaired) electrons. The third-order valence-corrected chi connectivity index (χ3v) is 4.36. The molecule has 0 unspecified atom stereocenters. The molecule has 1 N–H and O–H groups in total. The number of hydrogen-bond acceptors (Lipinski definition) is 9. The van der Waals surface area contributed by atoms with Gasteiger partial charge in [0.1, 0.15) is 17.1 Å². The molecule has 174 valence electrons. The van der Waals surface area contributed by atoms with Crippen molar-refractivity contribution in [1.29, 1.82) is 0 Å². The van der Waals surface area contributed by atoms with Crippen molar-refractivity contribution in [3.8, 4) is 11.5 Å². The number of nitrogens with zero attached hydrogens (tertiary/aromatic N) is 1. The zero-order chi connectivity index (χ0) is 24.5. The Morgan fingerprint density at radius 3 is 2.15 bits per heavy atom. The van der Waals surface area contributed by atoms with E-state index in [2.05, 4.69) is 19.8 Å². The normalized spacial score (nSPS) is 10.1. The quantitative estimate of drug-likeness (QED) is 0.394. The SMILES string of the molecule is COC(=O)c1cc(NC(=O)COC(=O)c2ccccc2Oc2cccnc2)cc(C(=O)OC)c1. The molecule has 0 aliphatic carbocycles. The molecule has 3 rings (SSSR count). The van der Waals surface area contributed by atoms with Crippen LogP contribution in [0.1, 0.15) is 31.1 Å². The average Bonchev–Trinajstić information content (AvgIpc) is 2.87. The van der Waals surface area contributed by atoms with Crippen molar-refractivity contribution in [2.75, 3.05) is 26.1 Å². The molecule has 0 atom stereocenters. The maximum atomic E-state index is 12.6. The minimum absolute atomic E-state index is 0.0270. The van der Waals surface area contributed by atoms with Gasteiger partial charge in [-0.1, -0.05) is 12.1 Å². The summed E-state index contributed by atoms with van der Waals surface area (Å²) in [6.07, 6.45) is 3.07. The third-order valence-electron chi connectivity index (χ3n) is 4.36. The topological polar surface area (TPSA) is 130 Å². The first-order valence-corrected chi connectivity index (χ1v) is 9.87. The number of amides is 1. The lowest BCUT2D eigenvalue weighted by Crippen LogP contribution is -2.21. The van der Waals surface area contributed by atoms with Gasteiger partial charge in [-0.05, 0) is 42.5 Å². The second-order valence-electron chi connectivity index (χ2n) is 6.69. The van der Waals surface area contributed by atoms with E-state index in [-0.39, 0.29) is 28.1 Å². The maximum Gasteiger partial charge on any atom is 0.342 e. The fraction of sp³-hybridized carbons (Fsp3) is 0.125. The molecular weight excluding hydrogens is 444 g/mol. The smallest absolute Gasteiger partial charge is 0.342 e. The Labute approximate surface area is 194 Å². The molecule has 0 fully saturated rings. The van der Waals surface area contributed by atoms with Crippen LogP contribution in [0, 0.1) is 0 Å². The third kappa shape index (κ3) is 6.16. The molecule has 10 nitrogen and oxygen atoms in total. The Balaban J connectivity index is 1.68. The van der Waals surface area contributed by atoms with E-state index >= 15 is 0 Å². The molecule has 0 saturated carbocycles. The maximum absolute atomic E-state index is 12.6. The number of anilines is 1. The van der Waals surface area contributed by atoms with E-state index in [1.165, 1.54) is 44.7 Å². The minimum Gasteiger partial charge on any atom is -0.465 e. The number of methoxy groups -OCH3 is 2. The highest BCUT2D eigenvalue weighted by Gasteiger charge is 2.18. The van der Waals surface area contributed by atoms with Gasteiger partial charge in [0.05, 0.1) is 31.5 Å². The van der Waals surface area contributed by atoms with Crippen LogP contribution in [-0.4, -0.2) is 49.6 Å². The summed E-state index contributed by atoms with van der Waals surface area (Å²) >= 11 is 0. The standard InChI is InChI=1S/C24H20N2O8/c1-31-22(28)15-10-16(23(29)32-2)12-17(11-15)26-21(27)14-33-24(30)19-7-3-4-8-20(19)34-18-6-5-9-25-13-18/h3-13H,14H2,1-2H3,(H,26,27). The number of esters is 3. The van der Waals surface area contributed by atoms with Gasteiger partial charge in [0.25, 0.3) is 5.91 Å². The fourth-order valence-corrected chi connectivity index (χ4v) is 2.84. The molecule has 1 aromatic heterocycles. The first-order valence-electron chi connectivity index (χ1n) is 9.87. The van der Waals surface area contributed by atoms with Crippen LogP contribution in [-0.2, 0) is 19.0 Å². The lowest BCUT2D eigenvalue weighted by molar-refractivity contribution is -0.119. The van der Waals surface area contributed by atoms with Crippen LogP contribution in [0.2, 0.25) is 0 Å². The summed E-state index contributed by atoms with van der Waals surface area (Å²) in [5.41, 5.74) is 0.280. The second kappa shape index (κ2) is 11.2. The van der Waals surface area contributed by atoms with Gasteiger partial charge in [0.2, 0.25) is 0 Å². The number of aromatic nitrogens is 1. The predicted molar refractivity (Wildman–Crippen MR) is 119 cm³/mol. The van der Waals surface area contributed by atoms with E-state index in [1.807, 2.05) is 0 Å². The number of carbonyl (C=O) groups excluding carboxylic acids is 4. The summed E-state index contributed by atoms with van der Waals surface area (Å²) in [6, 6.07) is 13.6. The molecule has 0 saturated heterocycles. The van der Waals surface area contributed by atoms with E-state index in [1.54, 1.807) is 36.5 Å².